The first-order valence-electron chi connectivity index (χ1n) is 12.9. The molecule has 3 heterocycles. The van der Waals surface area contributed by atoms with Gasteiger partial charge in [-0.15, -0.1) is 0 Å². The topological polar surface area (TPSA) is 67.7 Å². The van der Waals surface area contributed by atoms with Crippen LogP contribution in [0.15, 0.2) is 18.2 Å². The molecule has 8 heteroatoms. The van der Waals surface area contributed by atoms with Gasteiger partial charge in [-0.25, -0.2) is 4.39 Å². The summed E-state index contributed by atoms with van der Waals surface area (Å²) in [7, 11) is 0. The SMILES string of the molecule is Cc1c(F)cccc1C1CCN(C(=O)Cn2nc(C(=O)N3C[C@@H](C)O[C@@H](C)C3)c3c2CCC3)CC1. The summed E-state index contributed by atoms with van der Waals surface area (Å²) < 4.78 is 21.6. The number of aromatic nitrogens is 2. The second-order valence-electron chi connectivity index (χ2n) is 10.4. The first kappa shape index (κ1) is 24.0. The number of benzene rings is 1. The van der Waals surface area contributed by atoms with Crippen molar-refractivity contribution in [1.29, 1.82) is 0 Å². The summed E-state index contributed by atoms with van der Waals surface area (Å²) >= 11 is 0. The minimum absolute atomic E-state index is 0.00138. The Labute approximate surface area is 206 Å². The van der Waals surface area contributed by atoms with Gasteiger partial charge in [0.1, 0.15) is 12.4 Å². The quantitative estimate of drug-likeness (QED) is 0.669. The van der Waals surface area contributed by atoms with Crippen LogP contribution in [0.1, 0.15) is 71.9 Å². The van der Waals surface area contributed by atoms with E-state index in [2.05, 4.69) is 5.10 Å². The monoisotopic (exact) mass is 482 g/mol. The van der Waals surface area contributed by atoms with Gasteiger partial charge in [0.15, 0.2) is 5.69 Å². The summed E-state index contributed by atoms with van der Waals surface area (Å²) in [5.41, 5.74) is 4.31. The van der Waals surface area contributed by atoms with E-state index < -0.39 is 0 Å². The third kappa shape index (κ3) is 4.73. The van der Waals surface area contributed by atoms with Crippen LogP contribution in [0.5, 0.6) is 0 Å². The molecule has 3 aliphatic rings. The summed E-state index contributed by atoms with van der Waals surface area (Å²) in [6.45, 7) is 8.38. The fourth-order valence-electron chi connectivity index (χ4n) is 6.04. The number of morpholine rings is 1. The lowest BCUT2D eigenvalue weighted by Crippen LogP contribution is -2.48. The smallest absolute Gasteiger partial charge is 0.274 e. The normalized spacial score (nSPS) is 23.0. The molecule has 7 nitrogen and oxygen atoms in total. The predicted octanol–water partition coefficient (Wildman–Crippen LogP) is 3.47. The Balaban J connectivity index is 1.26. The molecule has 1 aliphatic carbocycles. The Bertz CT molecular complexity index is 1110. The Kier molecular flexibility index (Phi) is 6.66. The van der Waals surface area contributed by atoms with Gasteiger partial charge >= 0.3 is 0 Å². The molecule has 2 atom stereocenters. The maximum Gasteiger partial charge on any atom is 0.274 e. The molecule has 1 aromatic heterocycles. The van der Waals surface area contributed by atoms with Crippen LogP contribution >= 0.6 is 0 Å². The van der Waals surface area contributed by atoms with Crippen molar-refractivity contribution in [2.75, 3.05) is 26.2 Å². The van der Waals surface area contributed by atoms with E-state index in [0.29, 0.717) is 37.4 Å². The third-order valence-corrected chi connectivity index (χ3v) is 7.80. The summed E-state index contributed by atoms with van der Waals surface area (Å²) in [5, 5.41) is 4.67. The molecule has 5 rings (SSSR count). The van der Waals surface area contributed by atoms with Crippen molar-refractivity contribution in [2.45, 2.75) is 77.5 Å². The van der Waals surface area contributed by atoms with Crippen molar-refractivity contribution >= 4 is 11.8 Å². The van der Waals surface area contributed by atoms with E-state index in [-0.39, 0.29) is 42.3 Å². The fourth-order valence-corrected chi connectivity index (χ4v) is 6.04. The van der Waals surface area contributed by atoms with Crippen molar-refractivity contribution < 1.29 is 18.7 Å². The van der Waals surface area contributed by atoms with Gasteiger partial charge in [0, 0.05) is 37.4 Å². The van der Waals surface area contributed by atoms with Crippen LogP contribution in [-0.2, 0) is 28.9 Å². The van der Waals surface area contributed by atoms with Crippen molar-refractivity contribution in [3.63, 3.8) is 0 Å². The average Bonchev–Trinajstić information content (AvgIpc) is 3.44. The van der Waals surface area contributed by atoms with Crippen LogP contribution < -0.4 is 0 Å². The van der Waals surface area contributed by atoms with E-state index in [1.807, 2.05) is 36.6 Å². The van der Waals surface area contributed by atoms with E-state index >= 15 is 0 Å². The first-order chi connectivity index (χ1) is 16.8. The second kappa shape index (κ2) is 9.72. The molecular formula is C27H35FN4O3. The van der Waals surface area contributed by atoms with Crippen LogP contribution in [0, 0.1) is 12.7 Å². The highest BCUT2D eigenvalue weighted by Crippen LogP contribution is 2.32. The highest BCUT2D eigenvalue weighted by atomic mass is 19.1. The van der Waals surface area contributed by atoms with E-state index in [4.69, 9.17) is 4.74 Å². The van der Waals surface area contributed by atoms with Gasteiger partial charge in [-0.1, -0.05) is 12.1 Å². The number of amides is 2. The van der Waals surface area contributed by atoms with Gasteiger partial charge in [0.05, 0.1) is 12.2 Å². The largest absolute Gasteiger partial charge is 0.372 e. The van der Waals surface area contributed by atoms with Gasteiger partial charge in [0.2, 0.25) is 5.91 Å². The van der Waals surface area contributed by atoms with Gasteiger partial charge in [-0.3, -0.25) is 14.3 Å². The summed E-state index contributed by atoms with van der Waals surface area (Å²) in [5.74, 6) is 0.0815. The lowest BCUT2D eigenvalue weighted by atomic mass is 9.86. The number of likely N-dealkylation sites (tertiary alicyclic amines) is 1. The lowest BCUT2D eigenvalue weighted by molar-refractivity contribution is -0.133. The molecule has 0 N–H and O–H groups in total. The second-order valence-corrected chi connectivity index (χ2v) is 10.4. The Morgan fingerprint density at radius 3 is 2.51 bits per heavy atom. The zero-order valence-corrected chi connectivity index (χ0v) is 20.9. The first-order valence-corrected chi connectivity index (χ1v) is 12.9. The number of nitrogens with zero attached hydrogens (tertiary/aromatic N) is 4. The van der Waals surface area contributed by atoms with Gasteiger partial charge in [-0.05, 0) is 76.0 Å². The molecule has 2 saturated heterocycles. The number of fused-ring (bicyclic) bond motifs is 1. The van der Waals surface area contributed by atoms with E-state index in [1.165, 1.54) is 6.07 Å². The number of rotatable bonds is 4. The molecule has 0 bridgehead atoms. The molecule has 0 unspecified atom stereocenters. The Morgan fingerprint density at radius 2 is 1.80 bits per heavy atom. The van der Waals surface area contributed by atoms with Crippen molar-refractivity contribution in [1.82, 2.24) is 19.6 Å². The maximum atomic E-state index is 14.0. The summed E-state index contributed by atoms with van der Waals surface area (Å²) in [6, 6.07) is 5.27. The van der Waals surface area contributed by atoms with E-state index in [9.17, 15) is 14.0 Å². The minimum Gasteiger partial charge on any atom is -0.372 e. The minimum atomic E-state index is -0.167. The third-order valence-electron chi connectivity index (χ3n) is 7.80. The zero-order valence-electron chi connectivity index (χ0n) is 20.9. The van der Waals surface area contributed by atoms with E-state index in [1.54, 1.807) is 10.7 Å². The Morgan fingerprint density at radius 1 is 1.09 bits per heavy atom. The molecule has 0 radical (unpaired) electrons. The number of ether oxygens (including phenoxy) is 1. The molecular weight excluding hydrogens is 447 g/mol. The molecule has 1 aromatic carbocycles. The molecule has 2 aliphatic heterocycles. The van der Waals surface area contributed by atoms with Gasteiger partial charge in [-0.2, -0.15) is 5.10 Å². The van der Waals surface area contributed by atoms with Crippen molar-refractivity contribution in [3.8, 4) is 0 Å². The number of hydrogen-bond acceptors (Lipinski definition) is 4. The molecule has 0 spiro atoms. The molecule has 2 aromatic rings. The highest BCUT2D eigenvalue weighted by Gasteiger charge is 2.34. The maximum absolute atomic E-state index is 14.0. The lowest BCUT2D eigenvalue weighted by Gasteiger charge is -2.35. The number of piperidine rings is 1. The fraction of sp³-hybridized carbons (Fsp3) is 0.593. The molecule has 35 heavy (non-hydrogen) atoms. The van der Waals surface area contributed by atoms with Crippen LogP contribution in [0.25, 0.3) is 0 Å². The van der Waals surface area contributed by atoms with Crippen LogP contribution in [0.4, 0.5) is 4.39 Å². The van der Waals surface area contributed by atoms with Crippen LogP contribution in [0.2, 0.25) is 0 Å². The number of carbonyl (C=O) groups is 2. The van der Waals surface area contributed by atoms with Crippen LogP contribution in [0.3, 0.4) is 0 Å². The molecule has 2 amide bonds. The highest BCUT2D eigenvalue weighted by molar-refractivity contribution is 5.94. The van der Waals surface area contributed by atoms with Crippen molar-refractivity contribution in [2.24, 2.45) is 0 Å². The van der Waals surface area contributed by atoms with Gasteiger partial charge < -0.3 is 14.5 Å². The number of halogens is 1. The molecule has 2 fully saturated rings. The van der Waals surface area contributed by atoms with Gasteiger partial charge in [0.25, 0.3) is 5.91 Å². The summed E-state index contributed by atoms with van der Waals surface area (Å²) in [4.78, 5) is 30.3. The number of hydrogen-bond donors (Lipinski definition) is 0. The van der Waals surface area contributed by atoms with Crippen LogP contribution in [-0.4, -0.2) is 69.8 Å². The molecule has 0 saturated carbocycles. The van der Waals surface area contributed by atoms with E-state index in [0.717, 1.165) is 48.9 Å². The zero-order chi connectivity index (χ0) is 24.7. The molecule has 188 valence electrons. The standard InChI is InChI=1S/C27H35FN4O3/c1-17-14-31(15-18(2)35-17)27(34)26-22-7-5-9-24(22)32(29-26)16-25(33)30-12-10-20(11-13-30)21-6-4-8-23(28)19(21)3/h4,6,8,17-18,20H,5,7,9-16H2,1-3H3/t17-,18+. The average molecular weight is 483 g/mol. The Hall–Kier alpha value is -2.74. The van der Waals surface area contributed by atoms with Crippen molar-refractivity contribution in [3.05, 3.63) is 52.1 Å². The summed E-state index contributed by atoms with van der Waals surface area (Å²) in [6.07, 6.45) is 4.31. The predicted molar refractivity (Wildman–Crippen MR) is 130 cm³/mol. The number of carbonyl (C=O) groups excluding carboxylic acids is 2.